The highest BCUT2D eigenvalue weighted by molar-refractivity contribution is 5.76. The second-order valence-corrected chi connectivity index (χ2v) is 18.6. The molecular formula is C56H105NO5. The van der Waals surface area contributed by atoms with Crippen LogP contribution in [0, 0.1) is 0 Å². The fourth-order valence-corrected chi connectivity index (χ4v) is 8.19. The zero-order chi connectivity index (χ0) is 45.1. The van der Waals surface area contributed by atoms with Gasteiger partial charge in [-0.25, -0.2) is 0 Å². The standard InChI is InChI=1S/C56H105NO5/c1-3-5-7-9-11-13-15-17-19-20-22-24-28-32-36-40-44-48-54(59)53(52-58)57-55(60)49-45-41-37-33-29-25-23-27-31-35-39-43-47-51-62-56(61)50-46-42-38-34-30-26-21-18-16-14-12-10-8-6-4-2/h12,14,18,21,44,48,53-54,58-59H,3-11,13,15-17,19-20,22-43,45-47,49-52H2,1-2H3,(H,57,60)/b14-12-,21-18-,48-44+. The summed E-state index contributed by atoms with van der Waals surface area (Å²) in [7, 11) is 0. The summed E-state index contributed by atoms with van der Waals surface area (Å²) in [4.78, 5) is 24.5. The van der Waals surface area contributed by atoms with Gasteiger partial charge in [-0.05, 0) is 64.2 Å². The minimum atomic E-state index is -0.854. The molecule has 6 heteroatoms. The van der Waals surface area contributed by atoms with Crippen LogP contribution in [0.1, 0.15) is 284 Å². The van der Waals surface area contributed by atoms with E-state index in [2.05, 4.69) is 43.5 Å². The third kappa shape index (κ3) is 47.6. The lowest BCUT2D eigenvalue weighted by Crippen LogP contribution is -2.45. The summed E-state index contributed by atoms with van der Waals surface area (Å²) in [5.74, 6) is -0.102. The fraction of sp³-hybridized carbons (Fsp3) is 0.857. The van der Waals surface area contributed by atoms with Gasteiger partial charge in [0.1, 0.15) is 0 Å². The lowest BCUT2D eigenvalue weighted by molar-refractivity contribution is -0.143. The first kappa shape index (κ1) is 60.1. The Morgan fingerprint density at radius 1 is 0.452 bits per heavy atom. The monoisotopic (exact) mass is 872 g/mol. The van der Waals surface area contributed by atoms with Gasteiger partial charge in [0.05, 0.1) is 25.4 Å². The van der Waals surface area contributed by atoms with Crippen molar-refractivity contribution in [2.24, 2.45) is 0 Å². The molecule has 0 saturated heterocycles. The summed E-state index contributed by atoms with van der Waals surface area (Å²) >= 11 is 0. The Bertz CT molecular complexity index is 1010. The number of aliphatic hydroxyl groups is 2. The van der Waals surface area contributed by atoms with Gasteiger partial charge in [0.2, 0.25) is 5.91 Å². The molecule has 0 rings (SSSR count). The molecule has 0 bridgehead atoms. The number of nitrogens with one attached hydrogen (secondary N) is 1. The molecule has 2 unspecified atom stereocenters. The van der Waals surface area contributed by atoms with E-state index in [1.807, 2.05) is 6.08 Å². The van der Waals surface area contributed by atoms with Crippen molar-refractivity contribution in [1.82, 2.24) is 5.32 Å². The number of rotatable bonds is 50. The molecule has 62 heavy (non-hydrogen) atoms. The number of aliphatic hydroxyl groups excluding tert-OH is 2. The van der Waals surface area contributed by atoms with E-state index < -0.39 is 12.1 Å². The van der Waals surface area contributed by atoms with E-state index in [0.717, 1.165) is 70.6 Å². The lowest BCUT2D eigenvalue weighted by Gasteiger charge is -2.20. The normalized spacial score (nSPS) is 12.9. The van der Waals surface area contributed by atoms with E-state index in [4.69, 9.17) is 4.74 Å². The number of hydrogen-bond acceptors (Lipinski definition) is 5. The van der Waals surface area contributed by atoms with E-state index in [9.17, 15) is 19.8 Å². The SMILES string of the molecule is CCCCC/C=C\C/C=C\CCCCCCCC(=O)OCCCCCCCCCCCCCCCC(=O)NC(CO)C(O)/C=C/CCCCCCCCCCCCCCCCC. The van der Waals surface area contributed by atoms with Gasteiger partial charge in [-0.1, -0.05) is 243 Å². The second-order valence-electron chi connectivity index (χ2n) is 18.6. The van der Waals surface area contributed by atoms with E-state index in [1.54, 1.807) is 6.08 Å². The first-order valence-electron chi connectivity index (χ1n) is 27.3. The highest BCUT2D eigenvalue weighted by Crippen LogP contribution is 2.16. The average Bonchev–Trinajstić information content (AvgIpc) is 3.27. The lowest BCUT2D eigenvalue weighted by atomic mass is 10.0. The predicted molar refractivity (Wildman–Crippen MR) is 269 cm³/mol. The van der Waals surface area contributed by atoms with Crippen LogP contribution in [0.4, 0.5) is 0 Å². The van der Waals surface area contributed by atoms with Crippen LogP contribution in [0.2, 0.25) is 0 Å². The maximum Gasteiger partial charge on any atom is 0.305 e. The first-order chi connectivity index (χ1) is 30.5. The summed E-state index contributed by atoms with van der Waals surface area (Å²) in [5.41, 5.74) is 0. The van der Waals surface area contributed by atoms with Crippen LogP contribution in [-0.2, 0) is 14.3 Å². The summed E-state index contributed by atoms with van der Waals surface area (Å²) < 4.78 is 5.46. The number of esters is 1. The molecule has 0 spiro atoms. The predicted octanol–water partition coefficient (Wildman–Crippen LogP) is 16.5. The largest absolute Gasteiger partial charge is 0.466 e. The summed E-state index contributed by atoms with van der Waals surface area (Å²) in [6, 6.07) is -0.639. The third-order valence-corrected chi connectivity index (χ3v) is 12.4. The van der Waals surface area contributed by atoms with Crippen molar-refractivity contribution in [1.29, 1.82) is 0 Å². The second kappa shape index (κ2) is 51.7. The smallest absolute Gasteiger partial charge is 0.305 e. The topological polar surface area (TPSA) is 95.9 Å². The maximum atomic E-state index is 12.4. The van der Waals surface area contributed by atoms with Crippen LogP contribution in [0.15, 0.2) is 36.5 Å². The molecule has 0 aliphatic carbocycles. The fourth-order valence-electron chi connectivity index (χ4n) is 8.19. The molecule has 0 saturated carbocycles. The number of amides is 1. The van der Waals surface area contributed by atoms with E-state index >= 15 is 0 Å². The van der Waals surface area contributed by atoms with Crippen molar-refractivity contribution in [2.45, 2.75) is 296 Å². The Kier molecular flexibility index (Phi) is 50.1. The van der Waals surface area contributed by atoms with Crippen molar-refractivity contribution in [3.8, 4) is 0 Å². The maximum absolute atomic E-state index is 12.4. The molecule has 0 fully saturated rings. The Morgan fingerprint density at radius 3 is 1.26 bits per heavy atom. The van der Waals surface area contributed by atoms with Crippen molar-refractivity contribution >= 4 is 11.9 Å². The zero-order valence-corrected chi connectivity index (χ0v) is 41.4. The van der Waals surface area contributed by atoms with Crippen LogP contribution in [0.3, 0.4) is 0 Å². The zero-order valence-electron chi connectivity index (χ0n) is 41.4. The minimum absolute atomic E-state index is 0.0210. The molecule has 0 aromatic heterocycles. The molecule has 3 N–H and O–H groups in total. The van der Waals surface area contributed by atoms with E-state index in [-0.39, 0.29) is 18.5 Å². The molecule has 0 heterocycles. The molecule has 364 valence electrons. The van der Waals surface area contributed by atoms with Crippen LogP contribution in [0.5, 0.6) is 0 Å². The molecule has 0 radical (unpaired) electrons. The van der Waals surface area contributed by atoms with Gasteiger partial charge < -0.3 is 20.3 Å². The summed E-state index contributed by atoms with van der Waals surface area (Å²) in [5, 5.41) is 23.1. The molecule has 0 aliphatic rings. The molecule has 0 aliphatic heterocycles. The summed E-state index contributed by atoms with van der Waals surface area (Å²) in [6.07, 6.45) is 62.8. The summed E-state index contributed by atoms with van der Waals surface area (Å²) in [6.45, 7) is 4.85. The molecule has 1 amide bonds. The average molecular weight is 872 g/mol. The quantitative estimate of drug-likeness (QED) is 0.0321. The molecule has 6 nitrogen and oxygen atoms in total. The molecule has 2 atom stereocenters. The van der Waals surface area contributed by atoms with Gasteiger partial charge in [0, 0.05) is 12.8 Å². The van der Waals surface area contributed by atoms with Crippen molar-refractivity contribution in [2.75, 3.05) is 13.2 Å². The molecular weight excluding hydrogens is 767 g/mol. The number of carbonyl (C=O) groups is 2. The van der Waals surface area contributed by atoms with Crippen LogP contribution in [0.25, 0.3) is 0 Å². The Hall–Kier alpha value is -1.92. The van der Waals surface area contributed by atoms with Crippen LogP contribution < -0.4 is 5.32 Å². The van der Waals surface area contributed by atoms with Gasteiger partial charge in [0.15, 0.2) is 0 Å². The number of unbranched alkanes of at least 4 members (excludes halogenated alkanes) is 35. The molecule has 0 aromatic rings. The van der Waals surface area contributed by atoms with E-state index in [0.29, 0.717) is 19.4 Å². The number of carbonyl (C=O) groups excluding carboxylic acids is 2. The van der Waals surface area contributed by atoms with Crippen LogP contribution in [-0.4, -0.2) is 47.4 Å². The van der Waals surface area contributed by atoms with Gasteiger partial charge in [0.25, 0.3) is 0 Å². The Labute approximate surface area is 385 Å². The van der Waals surface area contributed by atoms with Gasteiger partial charge in [-0.15, -0.1) is 0 Å². The minimum Gasteiger partial charge on any atom is -0.466 e. The van der Waals surface area contributed by atoms with Crippen molar-refractivity contribution in [3.05, 3.63) is 36.5 Å². The van der Waals surface area contributed by atoms with Gasteiger partial charge in [-0.3, -0.25) is 9.59 Å². The highest BCUT2D eigenvalue weighted by Gasteiger charge is 2.18. The Balaban J connectivity index is 3.50. The third-order valence-electron chi connectivity index (χ3n) is 12.4. The molecule has 0 aromatic carbocycles. The number of hydrogen-bond donors (Lipinski definition) is 3. The number of ether oxygens (including phenoxy) is 1. The first-order valence-corrected chi connectivity index (χ1v) is 27.3. The highest BCUT2D eigenvalue weighted by atomic mass is 16.5. The Morgan fingerprint density at radius 2 is 0.806 bits per heavy atom. The van der Waals surface area contributed by atoms with Crippen molar-refractivity contribution in [3.63, 3.8) is 0 Å². The van der Waals surface area contributed by atoms with E-state index in [1.165, 1.54) is 186 Å². The van der Waals surface area contributed by atoms with Gasteiger partial charge in [-0.2, -0.15) is 0 Å². The van der Waals surface area contributed by atoms with Gasteiger partial charge >= 0.3 is 5.97 Å². The number of allylic oxidation sites excluding steroid dienone is 5. The van der Waals surface area contributed by atoms with Crippen molar-refractivity contribution < 1.29 is 24.5 Å². The van der Waals surface area contributed by atoms with Crippen LogP contribution >= 0.6 is 0 Å².